The zero-order valence-corrected chi connectivity index (χ0v) is 14.7. The van der Waals surface area contributed by atoms with Crippen LogP contribution in [0.5, 0.6) is 0 Å². The zero-order valence-electron chi connectivity index (χ0n) is 14.7. The Morgan fingerprint density at radius 1 is 1.00 bits per heavy atom. The van der Waals surface area contributed by atoms with E-state index >= 15 is 0 Å². The number of hydrogen-bond donors (Lipinski definition) is 2. The number of carbonyl (C=O) groups is 1. The third kappa shape index (κ3) is 2.56. The number of ether oxygens (including phenoxy) is 1. The van der Waals surface area contributed by atoms with E-state index in [0.717, 1.165) is 24.7 Å². The van der Waals surface area contributed by atoms with E-state index in [1.807, 2.05) is 0 Å². The van der Waals surface area contributed by atoms with Crippen LogP contribution in [0.2, 0.25) is 0 Å². The first-order valence-electron chi connectivity index (χ1n) is 10.1. The largest absolute Gasteiger partial charge is 0.395 e. The molecule has 1 saturated heterocycles. The number of hydrogen-bond acceptors (Lipinski definition) is 5. The highest BCUT2D eigenvalue weighted by molar-refractivity contribution is 5.78. The van der Waals surface area contributed by atoms with E-state index < -0.39 is 11.6 Å². The standard InChI is InChI=1S/C19H29NO5/c21-6-5-20-17(22)14-1-3-18(4-2-14)23-19(25-24-18)15-8-12-7-13(10-15)11-16(19)9-12/h12-16,21H,1-11H2,(H,20,22). The molecule has 140 valence electrons. The number of amides is 1. The Bertz CT molecular complexity index is 514. The molecule has 6 heteroatoms. The monoisotopic (exact) mass is 351 g/mol. The topological polar surface area (TPSA) is 77.0 Å². The second-order valence-electron chi connectivity index (χ2n) is 8.99. The Morgan fingerprint density at radius 2 is 1.64 bits per heavy atom. The fraction of sp³-hybridized carbons (Fsp3) is 0.947. The zero-order chi connectivity index (χ0) is 17.1. The molecule has 6 fully saturated rings. The van der Waals surface area contributed by atoms with E-state index in [9.17, 15) is 4.79 Å². The molecule has 4 bridgehead atoms. The SMILES string of the molecule is O=C(NCCO)C1CCC2(CC1)OOC1(O2)C2CC3CC(C2)CC1C3. The molecule has 0 aromatic carbocycles. The van der Waals surface area contributed by atoms with Crippen LogP contribution in [0.15, 0.2) is 0 Å². The molecule has 6 rings (SSSR count). The minimum Gasteiger partial charge on any atom is -0.395 e. The normalized spacial score (nSPS) is 50.7. The molecule has 0 atom stereocenters. The lowest BCUT2D eigenvalue weighted by atomic mass is 9.53. The minimum absolute atomic E-state index is 0.0144. The van der Waals surface area contributed by atoms with Crippen molar-refractivity contribution in [1.29, 1.82) is 0 Å². The summed E-state index contributed by atoms with van der Waals surface area (Å²) in [5.41, 5.74) is 0. The summed E-state index contributed by atoms with van der Waals surface area (Å²) in [5.74, 6) is 1.54. The van der Waals surface area contributed by atoms with Crippen LogP contribution in [-0.4, -0.2) is 35.7 Å². The average molecular weight is 351 g/mol. The summed E-state index contributed by atoms with van der Waals surface area (Å²) in [5, 5.41) is 11.6. The van der Waals surface area contributed by atoms with Crippen LogP contribution < -0.4 is 5.32 Å². The maximum atomic E-state index is 12.1. The molecular formula is C19H29NO5. The van der Waals surface area contributed by atoms with Gasteiger partial charge in [-0.25, -0.2) is 0 Å². The molecule has 5 aliphatic carbocycles. The first-order valence-corrected chi connectivity index (χ1v) is 10.1. The maximum absolute atomic E-state index is 12.1. The van der Waals surface area contributed by atoms with E-state index in [1.165, 1.54) is 32.1 Å². The van der Waals surface area contributed by atoms with Crippen LogP contribution in [-0.2, 0) is 19.3 Å². The Labute approximate surface area is 148 Å². The molecule has 0 unspecified atom stereocenters. The van der Waals surface area contributed by atoms with Crippen molar-refractivity contribution in [2.45, 2.75) is 69.4 Å². The third-order valence-corrected chi connectivity index (χ3v) is 7.47. The van der Waals surface area contributed by atoms with Gasteiger partial charge in [0.25, 0.3) is 0 Å². The highest BCUT2D eigenvalue weighted by Crippen LogP contribution is 2.63. The molecule has 0 aromatic heterocycles. The molecular weight excluding hydrogens is 322 g/mol. The molecule has 0 aromatic rings. The summed E-state index contributed by atoms with van der Waals surface area (Å²) >= 11 is 0. The predicted octanol–water partition coefficient (Wildman–Crippen LogP) is 2.11. The lowest BCUT2D eigenvalue weighted by Gasteiger charge is -2.57. The van der Waals surface area contributed by atoms with E-state index in [2.05, 4.69) is 5.32 Å². The quantitative estimate of drug-likeness (QED) is 0.762. The molecule has 5 saturated carbocycles. The van der Waals surface area contributed by atoms with Gasteiger partial charge < -0.3 is 15.2 Å². The van der Waals surface area contributed by atoms with Crippen molar-refractivity contribution < 1.29 is 24.4 Å². The van der Waals surface area contributed by atoms with Gasteiger partial charge in [0.1, 0.15) is 0 Å². The van der Waals surface area contributed by atoms with Gasteiger partial charge in [0.05, 0.1) is 6.61 Å². The summed E-state index contributed by atoms with van der Waals surface area (Å²) in [6.07, 6.45) is 9.19. The maximum Gasteiger partial charge on any atom is 0.223 e. The van der Waals surface area contributed by atoms with Gasteiger partial charge in [-0.05, 0) is 56.8 Å². The fourth-order valence-electron chi connectivity index (χ4n) is 6.44. The van der Waals surface area contributed by atoms with E-state index in [0.29, 0.717) is 31.2 Å². The van der Waals surface area contributed by atoms with Crippen LogP contribution in [0.3, 0.4) is 0 Å². The van der Waals surface area contributed by atoms with E-state index in [-0.39, 0.29) is 18.4 Å². The molecule has 2 N–H and O–H groups in total. The lowest BCUT2D eigenvalue weighted by Crippen LogP contribution is -2.59. The van der Waals surface area contributed by atoms with E-state index in [1.54, 1.807) is 0 Å². The van der Waals surface area contributed by atoms with Gasteiger partial charge in [0.2, 0.25) is 17.5 Å². The van der Waals surface area contributed by atoms with Gasteiger partial charge in [-0.1, -0.05) is 0 Å². The van der Waals surface area contributed by atoms with Crippen molar-refractivity contribution in [3.8, 4) is 0 Å². The van der Waals surface area contributed by atoms with Gasteiger partial charge in [-0.15, -0.1) is 0 Å². The first-order chi connectivity index (χ1) is 12.1. The Balaban J connectivity index is 1.25. The molecule has 6 aliphatic rings. The Kier molecular flexibility index (Phi) is 3.90. The minimum atomic E-state index is -0.650. The fourth-order valence-corrected chi connectivity index (χ4v) is 6.44. The molecule has 0 radical (unpaired) electrons. The third-order valence-electron chi connectivity index (χ3n) is 7.47. The van der Waals surface area contributed by atoms with Crippen molar-refractivity contribution >= 4 is 5.91 Å². The predicted molar refractivity (Wildman–Crippen MR) is 87.8 cm³/mol. The second kappa shape index (κ2) is 5.91. The molecule has 25 heavy (non-hydrogen) atoms. The first kappa shape index (κ1) is 16.5. The van der Waals surface area contributed by atoms with Gasteiger partial charge in [-0.2, -0.15) is 9.78 Å². The highest BCUT2D eigenvalue weighted by Gasteiger charge is 2.66. The number of nitrogens with one attached hydrogen (secondary N) is 1. The van der Waals surface area contributed by atoms with Crippen molar-refractivity contribution in [3.63, 3.8) is 0 Å². The summed E-state index contributed by atoms with van der Waals surface area (Å²) in [7, 11) is 0. The number of aliphatic hydroxyl groups is 1. The lowest BCUT2D eigenvalue weighted by molar-refractivity contribution is -0.390. The summed E-state index contributed by atoms with van der Waals surface area (Å²) in [6.45, 7) is 0.307. The van der Waals surface area contributed by atoms with Gasteiger partial charge in [0.15, 0.2) is 0 Å². The van der Waals surface area contributed by atoms with Crippen LogP contribution >= 0.6 is 0 Å². The molecule has 6 nitrogen and oxygen atoms in total. The summed E-state index contributed by atoms with van der Waals surface area (Å²) in [6, 6.07) is 0. The highest BCUT2D eigenvalue weighted by atomic mass is 17.3. The molecule has 2 spiro atoms. The number of aliphatic hydroxyl groups excluding tert-OH is 1. The van der Waals surface area contributed by atoms with Crippen molar-refractivity contribution in [2.75, 3.05) is 13.2 Å². The number of rotatable bonds is 3. The van der Waals surface area contributed by atoms with Gasteiger partial charge in [-0.3, -0.25) is 4.79 Å². The molecule has 1 heterocycles. The van der Waals surface area contributed by atoms with Crippen molar-refractivity contribution in [3.05, 3.63) is 0 Å². The van der Waals surface area contributed by atoms with Gasteiger partial charge >= 0.3 is 0 Å². The van der Waals surface area contributed by atoms with E-state index in [4.69, 9.17) is 19.6 Å². The summed E-state index contributed by atoms with van der Waals surface area (Å²) < 4.78 is 6.65. The van der Waals surface area contributed by atoms with Crippen molar-refractivity contribution in [1.82, 2.24) is 5.32 Å². The van der Waals surface area contributed by atoms with Crippen LogP contribution in [0.4, 0.5) is 0 Å². The molecule has 1 amide bonds. The van der Waals surface area contributed by atoms with Crippen molar-refractivity contribution in [2.24, 2.45) is 29.6 Å². The van der Waals surface area contributed by atoms with Crippen LogP contribution in [0.25, 0.3) is 0 Å². The second-order valence-corrected chi connectivity index (χ2v) is 8.99. The Hall–Kier alpha value is -0.690. The van der Waals surface area contributed by atoms with Crippen LogP contribution in [0, 0.1) is 29.6 Å². The Morgan fingerprint density at radius 3 is 2.24 bits per heavy atom. The molecule has 1 aliphatic heterocycles. The smallest absolute Gasteiger partial charge is 0.223 e. The van der Waals surface area contributed by atoms with Crippen LogP contribution in [0.1, 0.15) is 57.8 Å². The number of carbonyl (C=O) groups excluding carboxylic acids is 1. The average Bonchev–Trinajstić information content (AvgIpc) is 2.98. The summed E-state index contributed by atoms with van der Waals surface area (Å²) in [4.78, 5) is 24.0. The van der Waals surface area contributed by atoms with Gasteiger partial charge in [0, 0.05) is 37.1 Å².